The van der Waals surface area contributed by atoms with Crippen LogP contribution >= 0.6 is 11.3 Å². The summed E-state index contributed by atoms with van der Waals surface area (Å²) >= 11 is 1.15. The van der Waals surface area contributed by atoms with Crippen LogP contribution in [0, 0.1) is 6.92 Å². The van der Waals surface area contributed by atoms with Crippen LogP contribution in [0.4, 0.5) is 5.13 Å². The monoisotopic (exact) mass is 410 g/mol. The summed E-state index contributed by atoms with van der Waals surface area (Å²) in [6.45, 7) is 1.71. The van der Waals surface area contributed by atoms with Crippen LogP contribution in [-0.2, 0) is 9.53 Å². The number of carbonyl (C=O) groups is 3. The molecule has 0 spiro atoms. The van der Waals surface area contributed by atoms with E-state index in [1.807, 2.05) is 6.07 Å². The second kappa shape index (κ2) is 9.07. The number of esters is 1. The fourth-order valence-corrected chi connectivity index (χ4v) is 3.37. The van der Waals surface area contributed by atoms with Gasteiger partial charge in [-0.25, -0.2) is 9.78 Å². The summed E-state index contributed by atoms with van der Waals surface area (Å²) in [7, 11) is 1.26. The molecule has 8 nitrogen and oxygen atoms in total. The van der Waals surface area contributed by atoms with Gasteiger partial charge in [0.05, 0.1) is 12.7 Å². The van der Waals surface area contributed by atoms with Crippen molar-refractivity contribution in [2.75, 3.05) is 12.4 Å². The third kappa shape index (κ3) is 4.82. The molecule has 2 aromatic heterocycles. The Morgan fingerprint density at radius 2 is 1.86 bits per heavy atom. The van der Waals surface area contributed by atoms with Crippen molar-refractivity contribution in [2.24, 2.45) is 0 Å². The Hall–Kier alpha value is -3.59. The van der Waals surface area contributed by atoms with Crippen molar-refractivity contribution in [1.29, 1.82) is 0 Å². The normalized spacial score (nSPS) is 11.4. The largest absolute Gasteiger partial charge is 0.464 e. The zero-order valence-electron chi connectivity index (χ0n) is 15.7. The number of anilines is 1. The van der Waals surface area contributed by atoms with E-state index in [1.165, 1.54) is 13.3 Å². The molecule has 0 aliphatic heterocycles. The summed E-state index contributed by atoms with van der Waals surface area (Å²) in [6.07, 6.45) is 2.98. The van der Waals surface area contributed by atoms with E-state index in [-0.39, 0.29) is 10.8 Å². The van der Waals surface area contributed by atoms with Crippen LogP contribution in [0.1, 0.15) is 37.3 Å². The van der Waals surface area contributed by atoms with E-state index in [1.54, 1.807) is 49.5 Å². The molecule has 0 fully saturated rings. The molecule has 2 N–H and O–H groups in total. The minimum Gasteiger partial charge on any atom is -0.464 e. The molecule has 1 unspecified atom stereocenters. The first-order valence-electron chi connectivity index (χ1n) is 8.62. The quantitative estimate of drug-likeness (QED) is 0.605. The number of hydrogen-bond acceptors (Lipinski definition) is 7. The summed E-state index contributed by atoms with van der Waals surface area (Å²) in [5, 5.41) is 5.63. The van der Waals surface area contributed by atoms with E-state index in [0.29, 0.717) is 16.0 Å². The van der Waals surface area contributed by atoms with Gasteiger partial charge >= 0.3 is 5.97 Å². The number of pyridine rings is 1. The van der Waals surface area contributed by atoms with Gasteiger partial charge in [0.25, 0.3) is 11.8 Å². The average molecular weight is 410 g/mol. The van der Waals surface area contributed by atoms with Gasteiger partial charge in [-0.1, -0.05) is 30.3 Å². The lowest BCUT2D eigenvalue weighted by atomic mass is 10.1. The lowest BCUT2D eigenvalue weighted by Crippen LogP contribution is -2.37. The zero-order valence-corrected chi connectivity index (χ0v) is 16.5. The van der Waals surface area contributed by atoms with Crippen molar-refractivity contribution in [1.82, 2.24) is 15.3 Å². The molecular weight excluding hydrogens is 392 g/mol. The van der Waals surface area contributed by atoms with E-state index < -0.39 is 23.8 Å². The van der Waals surface area contributed by atoms with Gasteiger partial charge in [-0.2, -0.15) is 0 Å². The average Bonchev–Trinajstić information content (AvgIpc) is 3.12. The number of ether oxygens (including phenoxy) is 1. The number of rotatable bonds is 6. The Morgan fingerprint density at radius 1 is 1.10 bits per heavy atom. The molecule has 3 aromatic rings. The number of hydrogen-bond donors (Lipinski definition) is 2. The van der Waals surface area contributed by atoms with Gasteiger partial charge < -0.3 is 10.1 Å². The van der Waals surface area contributed by atoms with Gasteiger partial charge in [-0.15, -0.1) is 11.3 Å². The predicted molar refractivity (Wildman–Crippen MR) is 108 cm³/mol. The highest BCUT2D eigenvalue weighted by Gasteiger charge is 2.25. The molecular formula is C20H18N4O4S. The molecule has 29 heavy (non-hydrogen) atoms. The van der Waals surface area contributed by atoms with Gasteiger partial charge in [0.1, 0.15) is 6.04 Å². The fraction of sp³-hybridized carbons (Fsp3) is 0.150. The highest BCUT2D eigenvalue weighted by Crippen LogP contribution is 2.24. The fourth-order valence-electron chi connectivity index (χ4n) is 2.57. The van der Waals surface area contributed by atoms with Gasteiger partial charge in [-0.05, 0) is 24.6 Å². The molecule has 0 aliphatic carbocycles. The number of methoxy groups -OCH3 is 1. The summed E-state index contributed by atoms with van der Waals surface area (Å²) in [5.74, 6) is -1.50. The Bertz CT molecular complexity index is 1020. The first kappa shape index (κ1) is 20.2. The van der Waals surface area contributed by atoms with E-state index in [9.17, 15) is 14.4 Å². The number of nitrogens with one attached hydrogen (secondary N) is 2. The minimum absolute atomic E-state index is 0.142. The first-order chi connectivity index (χ1) is 14.0. The van der Waals surface area contributed by atoms with Gasteiger partial charge in [0.15, 0.2) is 10.8 Å². The van der Waals surface area contributed by atoms with Gasteiger partial charge in [0, 0.05) is 17.3 Å². The van der Waals surface area contributed by atoms with Crippen molar-refractivity contribution in [3.8, 4) is 0 Å². The highest BCUT2D eigenvalue weighted by atomic mass is 32.1. The number of aryl methyl sites for hydroxylation is 1. The SMILES string of the molecule is COC(=O)c1nc(NC(=O)C(NC(=O)c2cccnc2)c2ccccc2)sc1C. The maximum Gasteiger partial charge on any atom is 0.357 e. The molecule has 0 saturated heterocycles. The number of nitrogens with zero attached hydrogens (tertiary/aromatic N) is 2. The van der Waals surface area contributed by atoms with Crippen LogP contribution in [0.2, 0.25) is 0 Å². The smallest absolute Gasteiger partial charge is 0.357 e. The van der Waals surface area contributed by atoms with Crippen LogP contribution in [0.3, 0.4) is 0 Å². The molecule has 148 valence electrons. The van der Waals surface area contributed by atoms with Crippen LogP contribution in [0.5, 0.6) is 0 Å². The molecule has 3 rings (SSSR count). The maximum atomic E-state index is 12.9. The number of carbonyl (C=O) groups excluding carboxylic acids is 3. The van der Waals surface area contributed by atoms with Gasteiger partial charge in [-0.3, -0.25) is 19.9 Å². The third-order valence-corrected chi connectivity index (χ3v) is 4.89. The molecule has 0 bridgehead atoms. The Kier molecular flexibility index (Phi) is 6.30. The van der Waals surface area contributed by atoms with Crippen molar-refractivity contribution >= 4 is 34.3 Å². The molecule has 0 radical (unpaired) electrons. The Balaban J connectivity index is 1.83. The second-order valence-electron chi connectivity index (χ2n) is 5.96. The van der Waals surface area contributed by atoms with Crippen molar-refractivity contribution < 1.29 is 19.1 Å². The van der Waals surface area contributed by atoms with E-state index in [0.717, 1.165) is 11.3 Å². The first-order valence-corrected chi connectivity index (χ1v) is 9.43. The van der Waals surface area contributed by atoms with Gasteiger partial charge in [0.2, 0.25) is 0 Å². The second-order valence-corrected chi connectivity index (χ2v) is 7.17. The van der Waals surface area contributed by atoms with Crippen LogP contribution in [0.15, 0.2) is 54.9 Å². The number of benzene rings is 1. The molecule has 1 aromatic carbocycles. The van der Waals surface area contributed by atoms with Crippen LogP contribution < -0.4 is 10.6 Å². The predicted octanol–water partition coefficient (Wildman–Crippen LogP) is 2.74. The summed E-state index contributed by atoms with van der Waals surface area (Å²) < 4.78 is 4.68. The molecule has 2 amide bonds. The lowest BCUT2D eigenvalue weighted by molar-refractivity contribution is -0.118. The number of amides is 2. The number of aromatic nitrogens is 2. The minimum atomic E-state index is -0.963. The molecule has 2 heterocycles. The summed E-state index contributed by atoms with van der Waals surface area (Å²) in [6, 6.07) is 11.1. The number of thiazole rings is 1. The molecule has 0 aliphatic rings. The molecule has 0 saturated carbocycles. The topological polar surface area (TPSA) is 110 Å². The van der Waals surface area contributed by atoms with E-state index >= 15 is 0 Å². The van der Waals surface area contributed by atoms with Crippen molar-refractivity contribution in [3.63, 3.8) is 0 Å². The van der Waals surface area contributed by atoms with Crippen molar-refractivity contribution in [3.05, 3.63) is 76.6 Å². The summed E-state index contributed by atoms with van der Waals surface area (Å²) in [4.78, 5) is 45.9. The zero-order chi connectivity index (χ0) is 20.8. The van der Waals surface area contributed by atoms with Crippen LogP contribution in [0.25, 0.3) is 0 Å². The molecule has 1 atom stereocenters. The van der Waals surface area contributed by atoms with E-state index in [2.05, 4.69) is 25.3 Å². The van der Waals surface area contributed by atoms with E-state index in [4.69, 9.17) is 0 Å². The third-order valence-electron chi connectivity index (χ3n) is 4.00. The van der Waals surface area contributed by atoms with Crippen molar-refractivity contribution in [2.45, 2.75) is 13.0 Å². The maximum absolute atomic E-state index is 12.9. The highest BCUT2D eigenvalue weighted by molar-refractivity contribution is 7.16. The Labute approximate surface area is 171 Å². The Morgan fingerprint density at radius 3 is 2.52 bits per heavy atom. The summed E-state index contributed by atoms with van der Waals surface area (Å²) in [5.41, 5.74) is 1.08. The standard InChI is InChI=1S/C20H18N4O4S/c1-12-15(19(27)28-2)23-20(29-12)24-18(26)16(13-7-4-3-5-8-13)22-17(25)14-9-6-10-21-11-14/h3-11,16H,1-2H3,(H,22,25)(H,23,24,26). The lowest BCUT2D eigenvalue weighted by Gasteiger charge is -2.18. The van der Waals surface area contributed by atoms with Crippen LogP contribution in [-0.4, -0.2) is 34.9 Å². The molecule has 9 heteroatoms.